The zero-order valence-electron chi connectivity index (χ0n) is 65.5. The molecule has 0 saturated carbocycles. The molecule has 4 aromatic carbocycles. The Balaban J connectivity index is 0. The standard InChI is InChI=1S/C23H36N2O4.C19H28N2O4.C18H26N2O4.C18H25NO5.2CH4/c1-21(2,3)13-24-18(26)15-10-16(19(27)25-14-22(4,5)6)12-17(11-15)20(28)29-23(7,8)9;1-18(2,3)11-21(7)16(23)13-8-12(15(20)22)9-14(10-13)17(24)25-19(4,5)6;1-17(2,3)10-20-15(22)12-7-11(14(19)21)8-13(9-12)16(23)24-18(4,5)6;1-17(2,3)10-19-14(20)11-7-12(15(21)22)9-13(8-11)16(23)24-18(4,5)6;;/h10-12H,13-14H2,1-9H3,(H,24,26)(H,25,27);8-10H,11H2,1-7H3,(H2,20,22);7-9H,10H2,1-6H3,(H2,19,21)(H,20,22);7-9H,10H2,1-6H3,(H,19,20)(H,21,22);2*1H4. The maximum absolute atomic E-state index is 12.7. The van der Waals surface area contributed by atoms with Gasteiger partial charge in [0.2, 0.25) is 11.8 Å². The average molecular weight is 1450 g/mol. The molecule has 24 heteroatoms. The Labute approximate surface area is 618 Å². The number of nitrogens with zero attached hydrogens (tertiary/aromatic N) is 1. The van der Waals surface area contributed by atoms with Crippen molar-refractivity contribution >= 4 is 71.2 Å². The van der Waals surface area contributed by atoms with Crippen LogP contribution < -0.4 is 32.7 Å². The number of esters is 4. The molecule has 0 aromatic heterocycles. The molecular formula is C80H123N7O17. The molecule has 9 N–H and O–H groups in total. The minimum Gasteiger partial charge on any atom is -0.478 e. The molecule has 0 saturated heterocycles. The van der Waals surface area contributed by atoms with E-state index in [0.29, 0.717) is 32.7 Å². The highest BCUT2D eigenvalue weighted by Gasteiger charge is 2.29. The van der Waals surface area contributed by atoms with Crippen molar-refractivity contribution in [1.82, 2.24) is 26.2 Å². The van der Waals surface area contributed by atoms with Crippen LogP contribution in [0.1, 0.15) is 326 Å². The maximum Gasteiger partial charge on any atom is 0.338 e. The zero-order chi connectivity index (χ0) is 79.6. The molecular weight excluding hydrogens is 1330 g/mol. The summed E-state index contributed by atoms with van der Waals surface area (Å²) in [6.07, 6.45) is 0. The van der Waals surface area contributed by atoms with Gasteiger partial charge < -0.3 is 61.7 Å². The lowest BCUT2D eigenvalue weighted by molar-refractivity contribution is 0.00567. The van der Waals surface area contributed by atoms with Crippen LogP contribution in [-0.4, -0.2) is 143 Å². The van der Waals surface area contributed by atoms with Gasteiger partial charge in [0, 0.05) is 78.7 Å². The van der Waals surface area contributed by atoms with Crippen LogP contribution >= 0.6 is 0 Å². The molecule has 7 amide bonds. The second-order valence-electron chi connectivity index (χ2n) is 34.9. The summed E-state index contributed by atoms with van der Waals surface area (Å²) in [6, 6.07) is 16.5. The third-order valence-electron chi connectivity index (χ3n) is 12.6. The van der Waals surface area contributed by atoms with E-state index in [1.54, 1.807) is 95.0 Å². The van der Waals surface area contributed by atoms with Gasteiger partial charge in [-0.1, -0.05) is 119 Å². The SMILES string of the molecule is C.C.CC(C)(C)CNC(=O)c1cc(C(=O)NCC(C)(C)C)cc(C(=O)OC(C)(C)C)c1.CC(C)(C)CNC(=O)c1cc(C(=O)O)cc(C(=O)OC(C)(C)C)c1.CC(C)(C)CNC(=O)c1cc(C(N)=O)cc(C(=O)OC(C)(C)C)c1.CN(CC(C)(C)C)C(=O)c1cc(C(N)=O)cc(C(=O)OC(C)(C)C)c1. The normalized spacial score (nSPS) is 11.7. The number of primary amides is 2. The Bertz CT molecular complexity index is 3550. The first-order chi connectivity index (χ1) is 45.7. The number of carboxylic acid groups (broad SMARTS) is 1. The number of benzene rings is 4. The summed E-state index contributed by atoms with van der Waals surface area (Å²) >= 11 is 0. The lowest BCUT2D eigenvalue weighted by Crippen LogP contribution is -2.34. The van der Waals surface area contributed by atoms with Crippen LogP contribution in [0.25, 0.3) is 0 Å². The van der Waals surface area contributed by atoms with Crippen molar-refractivity contribution in [3.8, 4) is 0 Å². The number of amides is 7. The van der Waals surface area contributed by atoms with Gasteiger partial charge in [0.1, 0.15) is 22.4 Å². The van der Waals surface area contributed by atoms with Gasteiger partial charge in [0.25, 0.3) is 29.5 Å². The number of hydrogen-bond acceptors (Lipinski definition) is 16. The van der Waals surface area contributed by atoms with Gasteiger partial charge in [-0.15, -0.1) is 0 Å². The smallest absolute Gasteiger partial charge is 0.338 e. The molecule has 0 aliphatic carbocycles. The molecule has 24 nitrogen and oxygen atoms in total. The minimum absolute atomic E-state index is 0. The van der Waals surface area contributed by atoms with E-state index in [-0.39, 0.29) is 132 Å². The van der Waals surface area contributed by atoms with Crippen LogP contribution in [0.3, 0.4) is 0 Å². The lowest BCUT2D eigenvalue weighted by Gasteiger charge is -2.27. The first-order valence-corrected chi connectivity index (χ1v) is 33.5. The average Bonchev–Trinajstić information content (AvgIpc) is 0.945. The number of ether oxygens (including phenoxy) is 4. The summed E-state index contributed by atoms with van der Waals surface area (Å²) in [7, 11) is 1.68. The molecule has 0 aliphatic heterocycles. The Hall–Kier alpha value is -9.48. The van der Waals surface area contributed by atoms with Gasteiger partial charge >= 0.3 is 29.8 Å². The lowest BCUT2D eigenvalue weighted by atomic mass is 9.95. The Morgan fingerprint density at radius 1 is 0.308 bits per heavy atom. The summed E-state index contributed by atoms with van der Waals surface area (Å²) < 4.78 is 21.3. The van der Waals surface area contributed by atoms with Crippen molar-refractivity contribution in [3.63, 3.8) is 0 Å². The number of aromatic carboxylic acids is 1. The summed E-state index contributed by atoms with van der Waals surface area (Å²) in [6.45, 7) is 53.2. The second-order valence-corrected chi connectivity index (χ2v) is 34.9. The van der Waals surface area contributed by atoms with Gasteiger partial charge in [-0.3, -0.25) is 33.6 Å². The summed E-state index contributed by atoms with van der Waals surface area (Å²) in [4.78, 5) is 148. The predicted molar refractivity (Wildman–Crippen MR) is 407 cm³/mol. The van der Waals surface area contributed by atoms with Gasteiger partial charge in [-0.2, -0.15) is 0 Å². The summed E-state index contributed by atoms with van der Waals surface area (Å²) in [5.74, 6) is -6.89. The van der Waals surface area contributed by atoms with Gasteiger partial charge in [-0.25, -0.2) is 24.0 Å². The highest BCUT2D eigenvalue weighted by Crippen LogP contribution is 2.24. The van der Waals surface area contributed by atoms with Crippen LogP contribution in [0, 0.1) is 27.1 Å². The predicted octanol–water partition coefficient (Wildman–Crippen LogP) is 14.0. The van der Waals surface area contributed by atoms with Crippen molar-refractivity contribution in [3.05, 3.63) is 140 Å². The minimum atomic E-state index is -1.22. The van der Waals surface area contributed by atoms with Crippen molar-refractivity contribution in [2.75, 3.05) is 39.8 Å². The summed E-state index contributed by atoms with van der Waals surface area (Å²) in [5, 5.41) is 20.4. The number of carbonyl (C=O) groups excluding carboxylic acids is 11. The van der Waals surface area contributed by atoms with Gasteiger partial charge in [-0.05, 0) is 183 Å². The van der Waals surface area contributed by atoms with E-state index >= 15 is 0 Å². The van der Waals surface area contributed by atoms with E-state index in [1.165, 1.54) is 72.8 Å². The van der Waals surface area contributed by atoms with E-state index in [1.807, 2.05) is 104 Å². The monoisotopic (exact) mass is 1450 g/mol. The van der Waals surface area contributed by atoms with E-state index in [2.05, 4.69) is 21.3 Å². The molecule has 0 aliphatic rings. The first-order valence-electron chi connectivity index (χ1n) is 33.5. The molecule has 580 valence electrons. The molecule has 104 heavy (non-hydrogen) atoms. The van der Waals surface area contributed by atoms with Crippen molar-refractivity contribution < 1.29 is 81.6 Å². The van der Waals surface area contributed by atoms with Crippen molar-refractivity contribution in [2.45, 2.75) is 224 Å². The molecule has 0 heterocycles. The molecule has 0 atom stereocenters. The molecule has 0 bridgehead atoms. The topological polar surface area (TPSA) is 365 Å². The fraction of sp³-hybridized carbons (Fsp3) is 0.550. The van der Waals surface area contributed by atoms with Gasteiger partial charge in [0.05, 0.1) is 27.8 Å². The number of carbonyl (C=O) groups is 12. The van der Waals surface area contributed by atoms with Crippen LogP contribution in [0.5, 0.6) is 0 Å². The van der Waals surface area contributed by atoms with Crippen LogP contribution in [0.15, 0.2) is 72.8 Å². The van der Waals surface area contributed by atoms with E-state index in [4.69, 9.17) is 30.4 Å². The number of rotatable bonds is 17. The van der Waals surface area contributed by atoms with Crippen molar-refractivity contribution in [1.29, 1.82) is 0 Å². The number of hydrogen-bond donors (Lipinski definition) is 7. The fourth-order valence-electron chi connectivity index (χ4n) is 8.18. The largest absolute Gasteiger partial charge is 0.478 e. The van der Waals surface area contributed by atoms with Gasteiger partial charge in [0.15, 0.2) is 0 Å². The molecule has 0 radical (unpaired) electrons. The Morgan fingerprint density at radius 3 is 0.692 bits per heavy atom. The maximum atomic E-state index is 12.7. The molecule has 0 unspecified atom stereocenters. The number of nitrogens with one attached hydrogen (secondary N) is 4. The highest BCUT2D eigenvalue weighted by atomic mass is 16.6. The quantitative estimate of drug-likeness (QED) is 0.0381. The van der Waals surface area contributed by atoms with Crippen molar-refractivity contribution in [2.24, 2.45) is 38.5 Å². The molecule has 4 aromatic rings. The van der Waals surface area contributed by atoms with Crippen LogP contribution in [-0.2, 0) is 18.9 Å². The third-order valence-corrected chi connectivity index (χ3v) is 12.6. The number of nitrogens with two attached hydrogens (primary N) is 2. The Kier molecular flexibility index (Phi) is 35.6. The van der Waals surface area contributed by atoms with Crippen LogP contribution in [0.4, 0.5) is 0 Å². The first kappa shape index (κ1) is 96.6. The van der Waals surface area contributed by atoms with E-state index in [9.17, 15) is 62.6 Å². The highest BCUT2D eigenvalue weighted by molar-refractivity contribution is 6.06. The second kappa shape index (κ2) is 38.3. The van der Waals surface area contributed by atoms with Crippen LogP contribution in [0.2, 0.25) is 0 Å². The molecule has 0 spiro atoms. The molecule has 4 rings (SSSR count). The Morgan fingerprint density at radius 2 is 0.490 bits per heavy atom. The molecule has 0 fully saturated rings. The van der Waals surface area contributed by atoms with E-state index < -0.39 is 70.0 Å². The fourth-order valence-corrected chi connectivity index (χ4v) is 8.18. The number of carboxylic acids is 1. The van der Waals surface area contributed by atoms with E-state index in [0.717, 1.165) is 0 Å². The zero-order valence-corrected chi connectivity index (χ0v) is 65.5. The third kappa shape index (κ3) is 39.8. The summed E-state index contributed by atoms with van der Waals surface area (Å²) in [5.41, 5.74) is 8.89.